The molecule has 0 atom stereocenters. The van der Waals surface area contributed by atoms with Gasteiger partial charge in [-0.3, -0.25) is 0 Å². The van der Waals surface area contributed by atoms with E-state index in [2.05, 4.69) is 54.0 Å². The van der Waals surface area contributed by atoms with Crippen LogP contribution >= 0.6 is 0 Å². The standard InChI is InChI=1S/C17H19N3/c1-3-11-18-15-9-10-16-19-17(13(2)20(16)12-15)14-7-5-4-6-8-14/h4-10,12,18H,3,11H2,1-2H3. The van der Waals surface area contributed by atoms with Crippen molar-refractivity contribution in [1.82, 2.24) is 9.38 Å². The van der Waals surface area contributed by atoms with Crippen molar-refractivity contribution in [3.05, 3.63) is 54.4 Å². The lowest BCUT2D eigenvalue weighted by atomic mass is 10.1. The Labute approximate surface area is 119 Å². The molecule has 3 nitrogen and oxygen atoms in total. The first-order valence-electron chi connectivity index (χ1n) is 7.07. The first-order valence-corrected chi connectivity index (χ1v) is 7.07. The quantitative estimate of drug-likeness (QED) is 0.768. The molecule has 1 N–H and O–H groups in total. The topological polar surface area (TPSA) is 29.3 Å². The lowest BCUT2D eigenvalue weighted by molar-refractivity contribution is 0.974. The molecule has 3 rings (SSSR count). The van der Waals surface area contributed by atoms with Gasteiger partial charge in [0.15, 0.2) is 0 Å². The highest BCUT2D eigenvalue weighted by molar-refractivity contribution is 5.67. The maximum Gasteiger partial charge on any atom is 0.137 e. The summed E-state index contributed by atoms with van der Waals surface area (Å²) in [6.07, 6.45) is 3.25. The molecule has 3 aromatic rings. The zero-order chi connectivity index (χ0) is 13.9. The molecular formula is C17H19N3. The summed E-state index contributed by atoms with van der Waals surface area (Å²) >= 11 is 0. The number of benzene rings is 1. The van der Waals surface area contributed by atoms with Crippen LogP contribution in [0.25, 0.3) is 16.9 Å². The Morgan fingerprint density at radius 2 is 1.90 bits per heavy atom. The van der Waals surface area contributed by atoms with Crippen LogP contribution in [0.5, 0.6) is 0 Å². The average molecular weight is 265 g/mol. The molecule has 2 heterocycles. The third-order valence-electron chi connectivity index (χ3n) is 3.48. The van der Waals surface area contributed by atoms with Crippen LogP contribution in [0.4, 0.5) is 5.69 Å². The van der Waals surface area contributed by atoms with E-state index in [-0.39, 0.29) is 0 Å². The lowest BCUT2D eigenvalue weighted by Crippen LogP contribution is -2.01. The first-order chi connectivity index (χ1) is 9.79. The van der Waals surface area contributed by atoms with Crippen molar-refractivity contribution in [3.8, 4) is 11.3 Å². The number of imidazole rings is 1. The molecule has 0 amide bonds. The predicted molar refractivity (Wildman–Crippen MR) is 84.1 cm³/mol. The minimum Gasteiger partial charge on any atom is -0.384 e. The second-order valence-corrected chi connectivity index (χ2v) is 4.98. The van der Waals surface area contributed by atoms with Crippen LogP contribution in [0.3, 0.4) is 0 Å². The molecule has 1 aromatic carbocycles. The molecule has 2 aromatic heterocycles. The summed E-state index contributed by atoms with van der Waals surface area (Å²) in [6.45, 7) is 5.28. The molecule has 0 spiro atoms. The van der Waals surface area contributed by atoms with E-state index in [0.717, 1.165) is 35.6 Å². The van der Waals surface area contributed by atoms with E-state index < -0.39 is 0 Å². The second kappa shape index (κ2) is 5.37. The number of hydrogen-bond donors (Lipinski definition) is 1. The summed E-state index contributed by atoms with van der Waals surface area (Å²) in [5, 5.41) is 3.41. The monoisotopic (exact) mass is 265 g/mol. The van der Waals surface area contributed by atoms with Crippen molar-refractivity contribution in [2.45, 2.75) is 20.3 Å². The number of hydrogen-bond acceptors (Lipinski definition) is 2. The van der Waals surface area contributed by atoms with Crippen molar-refractivity contribution in [2.75, 3.05) is 11.9 Å². The number of aryl methyl sites for hydroxylation is 1. The van der Waals surface area contributed by atoms with Crippen LogP contribution < -0.4 is 5.32 Å². The van der Waals surface area contributed by atoms with E-state index >= 15 is 0 Å². The number of pyridine rings is 1. The lowest BCUT2D eigenvalue weighted by Gasteiger charge is -2.05. The van der Waals surface area contributed by atoms with Gasteiger partial charge in [-0.25, -0.2) is 4.98 Å². The summed E-state index contributed by atoms with van der Waals surface area (Å²) < 4.78 is 2.15. The molecule has 0 aliphatic carbocycles. The molecule has 0 bridgehead atoms. The van der Waals surface area contributed by atoms with E-state index in [9.17, 15) is 0 Å². The fourth-order valence-electron chi connectivity index (χ4n) is 2.41. The summed E-state index contributed by atoms with van der Waals surface area (Å²) in [4.78, 5) is 4.74. The van der Waals surface area contributed by atoms with E-state index in [1.165, 1.54) is 5.69 Å². The van der Waals surface area contributed by atoms with E-state index in [1.807, 2.05) is 18.2 Å². The molecule has 0 unspecified atom stereocenters. The number of rotatable bonds is 4. The average Bonchev–Trinajstić information content (AvgIpc) is 2.83. The Balaban J connectivity index is 2.06. The Hall–Kier alpha value is -2.29. The van der Waals surface area contributed by atoms with Gasteiger partial charge >= 0.3 is 0 Å². The molecule has 0 saturated heterocycles. The smallest absolute Gasteiger partial charge is 0.137 e. The van der Waals surface area contributed by atoms with Gasteiger partial charge in [0.1, 0.15) is 5.65 Å². The molecule has 0 aliphatic heterocycles. The fourth-order valence-corrected chi connectivity index (χ4v) is 2.41. The predicted octanol–water partition coefficient (Wildman–Crippen LogP) is 4.13. The van der Waals surface area contributed by atoms with Crippen LogP contribution in [0.15, 0.2) is 48.7 Å². The van der Waals surface area contributed by atoms with Crippen LogP contribution in [-0.4, -0.2) is 15.9 Å². The minimum atomic E-state index is 0.989. The van der Waals surface area contributed by atoms with E-state index in [0.29, 0.717) is 0 Å². The number of anilines is 1. The van der Waals surface area contributed by atoms with Crippen molar-refractivity contribution in [2.24, 2.45) is 0 Å². The number of fused-ring (bicyclic) bond motifs is 1. The molecule has 102 valence electrons. The Kier molecular flexibility index (Phi) is 3.42. The maximum absolute atomic E-state index is 4.74. The Bertz CT molecular complexity index is 714. The molecular weight excluding hydrogens is 246 g/mol. The van der Waals surface area contributed by atoms with Crippen LogP contribution in [0, 0.1) is 6.92 Å². The van der Waals surface area contributed by atoms with Gasteiger partial charge in [0.05, 0.1) is 11.4 Å². The van der Waals surface area contributed by atoms with Gasteiger partial charge in [-0.2, -0.15) is 0 Å². The molecule has 3 heteroatoms. The highest BCUT2D eigenvalue weighted by Gasteiger charge is 2.10. The Morgan fingerprint density at radius 3 is 2.65 bits per heavy atom. The number of nitrogens with one attached hydrogen (secondary N) is 1. The van der Waals surface area contributed by atoms with Crippen molar-refractivity contribution in [3.63, 3.8) is 0 Å². The van der Waals surface area contributed by atoms with Gasteiger partial charge < -0.3 is 9.72 Å². The number of aromatic nitrogens is 2. The zero-order valence-electron chi connectivity index (χ0n) is 11.9. The highest BCUT2D eigenvalue weighted by Crippen LogP contribution is 2.24. The third-order valence-corrected chi connectivity index (χ3v) is 3.48. The molecule has 0 radical (unpaired) electrons. The minimum absolute atomic E-state index is 0.989. The second-order valence-electron chi connectivity index (χ2n) is 4.98. The Morgan fingerprint density at radius 1 is 1.10 bits per heavy atom. The van der Waals surface area contributed by atoms with Crippen molar-refractivity contribution < 1.29 is 0 Å². The SMILES string of the molecule is CCCNc1ccc2nc(-c3ccccc3)c(C)n2c1. The third kappa shape index (κ3) is 2.27. The molecule has 0 aliphatic rings. The van der Waals surface area contributed by atoms with Gasteiger partial charge in [0, 0.05) is 24.0 Å². The van der Waals surface area contributed by atoms with Crippen molar-refractivity contribution in [1.29, 1.82) is 0 Å². The molecule has 20 heavy (non-hydrogen) atoms. The van der Waals surface area contributed by atoms with E-state index in [4.69, 9.17) is 4.98 Å². The zero-order valence-corrected chi connectivity index (χ0v) is 11.9. The maximum atomic E-state index is 4.74. The summed E-state index contributed by atoms with van der Waals surface area (Å²) in [5.41, 5.74) is 5.52. The first kappa shape index (κ1) is 12.7. The molecule has 0 saturated carbocycles. The van der Waals surface area contributed by atoms with Gasteiger partial charge in [-0.15, -0.1) is 0 Å². The van der Waals surface area contributed by atoms with Crippen LogP contribution in [0.2, 0.25) is 0 Å². The molecule has 0 fully saturated rings. The summed E-state index contributed by atoms with van der Waals surface area (Å²) in [7, 11) is 0. The van der Waals surface area contributed by atoms with Crippen molar-refractivity contribution >= 4 is 11.3 Å². The summed E-state index contributed by atoms with van der Waals surface area (Å²) in [6, 6.07) is 14.5. The van der Waals surface area contributed by atoms with Crippen LogP contribution in [-0.2, 0) is 0 Å². The largest absolute Gasteiger partial charge is 0.384 e. The number of nitrogens with zero attached hydrogens (tertiary/aromatic N) is 2. The van der Waals surface area contributed by atoms with E-state index in [1.54, 1.807) is 0 Å². The van der Waals surface area contributed by atoms with Crippen LogP contribution in [0.1, 0.15) is 19.0 Å². The van der Waals surface area contributed by atoms with Gasteiger partial charge in [0.25, 0.3) is 0 Å². The highest BCUT2D eigenvalue weighted by atomic mass is 15.0. The van der Waals surface area contributed by atoms with Gasteiger partial charge in [-0.1, -0.05) is 37.3 Å². The summed E-state index contributed by atoms with van der Waals surface area (Å²) in [5.74, 6) is 0. The fraction of sp³-hybridized carbons (Fsp3) is 0.235. The van der Waals surface area contributed by atoms with Gasteiger partial charge in [0.2, 0.25) is 0 Å². The van der Waals surface area contributed by atoms with Gasteiger partial charge in [-0.05, 0) is 25.5 Å². The normalized spacial score (nSPS) is 10.9.